The zero-order valence-electron chi connectivity index (χ0n) is 11.3. The van der Waals surface area contributed by atoms with Crippen LogP contribution in [0, 0.1) is 6.92 Å². The van der Waals surface area contributed by atoms with Gasteiger partial charge in [-0.1, -0.05) is 6.92 Å². The summed E-state index contributed by atoms with van der Waals surface area (Å²) >= 11 is 0. The molecular weight excluding hydrogens is 226 g/mol. The molecule has 0 bridgehead atoms. The molecule has 0 saturated carbocycles. The van der Waals surface area contributed by atoms with Crippen LogP contribution in [0.3, 0.4) is 0 Å². The summed E-state index contributed by atoms with van der Waals surface area (Å²) in [6.45, 7) is 6.01. The summed E-state index contributed by atoms with van der Waals surface area (Å²) in [4.78, 5) is 16.4. The van der Waals surface area contributed by atoms with E-state index in [9.17, 15) is 4.79 Å². The molecule has 0 fully saturated rings. The van der Waals surface area contributed by atoms with Gasteiger partial charge in [0.05, 0.1) is 11.0 Å². The molecule has 1 unspecified atom stereocenters. The van der Waals surface area contributed by atoms with E-state index in [1.54, 1.807) is 0 Å². The molecule has 1 aromatic heterocycles. The molecule has 0 aliphatic heterocycles. The number of aryl methyl sites for hydroxylation is 2. The number of rotatable bonds is 3. The third-order valence-corrected chi connectivity index (χ3v) is 3.36. The van der Waals surface area contributed by atoms with Crippen molar-refractivity contribution in [2.75, 3.05) is 0 Å². The Hall–Kier alpha value is -1.84. The molecular formula is C14H19N3O. The number of nitrogens with one attached hydrogen (secondary N) is 1. The van der Waals surface area contributed by atoms with Gasteiger partial charge in [-0.2, -0.15) is 0 Å². The lowest BCUT2D eigenvalue weighted by Crippen LogP contribution is -2.31. The molecule has 0 radical (unpaired) electrons. The SMILES string of the molecule is CCC(C)NC(=O)c1ccc2c(c1)nc(C)n2C. The Morgan fingerprint density at radius 1 is 1.50 bits per heavy atom. The number of benzene rings is 1. The van der Waals surface area contributed by atoms with Crippen molar-refractivity contribution in [3.05, 3.63) is 29.6 Å². The second-order valence-electron chi connectivity index (χ2n) is 4.70. The highest BCUT2D eigenvalue weighted by molar-refractivity contribution is 5.97. The first-order chi connectivity index (χ1) is 8.52. The van der Waals surface area contributed by atoms with Crippen molar-refractivity contribution in [3.8, 4) is 0 Å². The lowest BCUT2D eigenvalue weighted by molar-refractivity contribution is 0.0939. The maximum Gasteiger partial charge on any atom is 0.251 e. The molecule has 4 nitrogen and oxygen atoms in total. The molecule has 0 aliphatic rings. The fourth-order valence-corrected chi connectivity index (χ4v) is 1.87. The Labute approximate surface area is 107 Å². The van der Waals surface area contributed by atoms with Crippen molar-refractivity contribution in [1.29, 1.82) is 0 Å². The summed E-state index contributed by atoms with van der Waals surface area (Å²) < 4.78 is 2.02. The van der Waals surface area contributed by atoms with Gasteiger partial charge in [-0.3, -0.25) is 4.79 Å². The van der Waals surface area contributed by atoms with E-state index in [4.69, 9.17) is 0 Å². The molecule has 1 aromatic carbocycles. The van der Waals surface area contributed by atoms with Crippen LogP contribution in [0.2, 0.25) is 0 Å². The van der Waals surface area contributed by atoms with Crippen molar-refractivity contribution in [3.63, 3.8) is 0 Å². The van der Waals surface area contributed by atoms with Crippen LogP contribution < -0.4 is 5.32 Å². The van der Waals surface area contributed by atoms with Gasteiger partial charge in [0, 0.05) is 18.7 Å². The number of fused-ring (bicyclic) bond motifs is 1. The number of hydrogen-bond donors (Lipinski definition) is 1. The Morgan fingerprint density at radius 2 is 2.22 bits per heavy atom. The van der Waals surface area contributed by atoms with Crippen molar-refractivity contribution in [2.24, 2.45) is 7.05 Å². The zero-order chi connectivity index (χ0) is 13.3. The van der Waals surface area contributed by atoms with Gasteiger partial charge in [0.1, 0.15) is 5.82 Å². The van der Waals surface area contributed by atoms with Gasteiger partial charge in [-0.05, 0) is 38.5 Å². The quantitative estimate of drug-likeness (QED) is 0.902. The number of aromatic nitrogens is 2. The van der Waals surface area contributed by atoms with Crippen LogP contribution >= 0.6 is 0 Å². The fourth-order valence-electron chi connectivity index (χ4n) is 1.87. The van der Waals surface area contributed by atoms with Crippen molar-refractivity contribution >= 4 is 16.9 Å². The van der Waals surface area contributed by atoms with Gasteiger partial charge in [0.25, 0.3) is 5.91 Å². The monoisotopic (exact) mass is 245 g/mol. The van der Waals surface area contributed by atoms with Gasteiger partial charge in [-0.15, -0.1) is 0 Å². The second-order valence-corrected chi connectivity index (χ2v) is 4.70. The predicted molar refractivity (Wildman–Crippen MR) is 72.7 cm³/mol. The predicted octanol–water partition coefficient (Wildman–Crippen LogP) is 2.41. The van der Waals surface area contributed by atoms with Crippen molar-refractivity contribution < 1.29 is 4.79 Å². The maximum atomic E-state index is 12.0. The van der Waals surface area contributed by atoms with E-state index in [0.29, 0.717) is 5.56 Å². The van der Waals surface area contributed by atoms with Crippen LogP contribution in [0.15, 0.2) is 18.2 Å². The van der Waals surface area contributed by atoms with Crippen LogP contribution in [0.5, 0.6) is 0 Å². The number of imidazole rings is 1. The van der Waals surface area contributed by atoms with Crippen molar-refractivity contribution in [2.45, 2.75) is 33.2 Å². The first-order valence-corrected chi connectivity index (χ1v) is 6.27. The Balaban J connectivity index is 2.33. The minimum atomic E-state index is -0.0328. The van der Waals surface area contributed by atoms with Crippen LogP contribution in [-0.4, -0.2) is 21.5 Å². The topological polar surface area (TPSA) is 46.9 Å². The number of carbonyl (C=O) groups excluding carboxylic acids is 1. The number of nitrogens with zero attached hydrogens (tertiary/aromatic N) is 2. The molecule has 2 rings (SSSR count). The highest BCUT2D eigenvalue weighted by atomic mass is 16.1. The largest absolute Gasteiger partial charge is 0.350 e. The summed E-state index contributed by atoms with van der Waals surface area (Å²) in [6, 6.07) is 5.83. The van der Waals surface area contributed by atoms with E-state index >= 15 is 0 Å². The van der Waals surface area contributed by atoms with Gasteiger partial charge in [0.15, 0.2) is 0 Å². The van der Waals surface area contributed by atoms with E-state index in [0.717, 1.165) is 23.3 Å². The van der Waals surface area contributed by atoms with Crippen LogP contribution in [0.4, 0.5) is 0 Å². The third kappa shape index (κ3) is 2.23. The van der Waals surface area contributed by atoms with E-state index in [2.05, 4.69) is 17.2 Å². The standard InChI is InChI=1S/C14H19N3O/c1-5-9(2)15-14(18)11-6-7-13-12(8-11)16-10(3)17(13)4/h6-9H,5H2,1-4H3,(H,15,18). The first kappa shape index (κ1) is 12.6. The lowest BCUT2D eigenvalue weighted by atomic mass is 10.1. The molecule has 18 heavy (non-hydrogen) atoms. The molecule has 1 amide bonds. The number of hydrogen-bond acceptors (Lipinski definition) is 2. The first-order valence-electron chi connectivity index (χ1n) is 6.27. The Kier molecular flexibility index (Phi) is 3.36. The summed E-state index contributed by atoms with van der Waals surface area (Å²) in [5.74, 6) is 0.916. The van der Waals surface area contributed by atoms with E-state index in [-0.39, 0.29) is 11.9 Å². The summed E-state index contributed by atoms with van der Waals surface area (Å²) in [7, 11) is 1.98. The van der Waals surface area contributed by atoms with E-state index < -0.39 is 0 Å². The number of carbonyl (C=O) groups is 1. The summed E-state index contributed by atoms with van der Waals surface area (Å²) in [5.41, 5.74) is 2.58. The zero-order valence-corrected chi connectivity index (χ0v) is 11.3. The van der Waals surface area contributed by atoms with Crippen LogP contribution in [0.1, 0.15) is 36.5 Å². The van der Waals surface area contributed by atoms with Crippen LogP contribution in [-0.2, 0) is 7.05 Å². The average Bonchev–Trinajstić information content (AvgIpc) is 2.64. The second kappa shape index (κ2) is 4.80. The van der Waals surface area contributed by atoms with E-state index in [1.807, 2.05) is 43.7 Å². The molecule has 1 heterocycles. The molecule has 96 valence electrons. The molecule has 4 heteroatoms. The molecule has 0 saturated heterocycles. The minimum Gasteiger partial charge on any atom is -0.350 e. The van der Waals surface area contributed by atoms with Gasteiger partial charge in [0.2, 0.25) is 0 Å². The molecule has 0 spiro atoms. The lowest BCUT2D eigenvalue weighted by Gasteiger charge is -2.11. The minimum absolute atomic E-state index is 0.0328. The Morgan fingerprint density at radius 3 is 2.89 bits per heavy atom. The highest BCUT2D eigenvalue weighted by Gasteiger charge is 2.11. The fraction of sp³-hybridized carbons (Fsp3) is 0.429. The molecule has 1 N–H and O–H groups in total. The number of amides is 1. The summed E-state index contributed by atoms with van der Waals surface area (Å²) in [5, 5.41) is 2.96. The average molecular weight is 245 g/mol. The normalized spacial score (nSPS) is 12.7. The maximum absolute atomic E-state index is 12.0. The highest BCUT2D eigenvalue weighted by Crippen LogP contribution is 2.16. The van der Waals surface area contributed by atoms with Crippen LogP contribution in [0.25, 0.3) is 11.0 Å². The summed E-state index contributed by atoms with van der Waals surface area (Å²) in [6.07, 6.45) is 0.927. The Bertz CT molecular complexity index is 586. The van der Waals surface area contributed by atoms with Gasteiger partial charge >= 0.3 is 0 Å². The molecule has 2 aromatic rings. The molecule has 0 aliphatic carbocycles. The van der Waals surface area contributed by atoms with Gasteiger partial charge in [-0.25, -0.2) is 4.98 Å². The smallest absolute Gasteiger partial charge is 0.251 e. The van der Waals surface area contributed by atoms with E-state index in [1.165, 1.54) is 0 Å². The van der Waals surface area contributed by atoms with Crippen molar-refractivity contribution in [1.82, 2.24) is 14.9 Å². The third-order valence-electron chi connectivity index (χ3n) is 3.36. The van der Waals surface area contributed by atoms with Gasteiger partial charge < -0.3 is 9.88 Å². The molecule has 1 atom stereocenters.